The van der Waals surface area contributed by atoms with Gasteiger partial charge in [0, 0.05) is 26.2 Å². The van der Waals surface area contributed by atoms with E-state index in [0.717, 1.165) is 0 Å². The van der Waals surface area contributed by atoms with Crippen molar-refractivity contribution in [2.75, 3.05) is 31.1 Å². The highest BCUT2D eigenvalue weighted by atomic mass is 35.5. The maximum atomic E-state index is 13.8. The molecule has 0 radical (unpaired) electrons. The van der Waals surface area contributed by atoms with Crippen LogP contribution in [0, 0.1) is 0 Å². The van der Waals surface area contributed by atoms with Gasteiger partial charge in [-0.05, 0) is 35.4 Å². The van der Waals surface area contributed by atoms with Crippen LogP contribution in [0.2, 0.25) is 5.02 Å². The van der Waals surface area contributed by atoms with E-state index in [2.05, 4.69) is 58.4 Å². The van der Waals surface area contributed by atoms with Crippen LogP contribution in [0.4, 0.5) is 5.88 Å². The quantitative estimate of drug-likeness (QED) is 0.216. The third-order valence-electron chi connectivity index (χ3n) is 7.19. The number of oxazole rings is 1. The van der Waals surface area contributed by atoms with Crippen LogP contribution in [0.5, 0.6) is 0 Å². The second-order valence-corrected chi connectivity index (χ2v) is 11.9. The molecule has 4 aromatic carbocycles. The van der Waals surface area contributed by atoms with E-state index in [4.69, 9.17) is 16.0 Å². The van der Waals surface area contributed by atoms with Crippen LogP contribution in [0.25, 0.3) is 11.5 Å². The summed E-state index contributed by atoms with van der Waals surface area (Å²) in [4.78, 5) is 9.10. The molecule has 1 aliphatic heterocycles. The van der Waals surface area contributed by atoms with Crippen LogP contribution in [0.1, 0.15) is 17.2 Å². The Hall–Kier alpha value is -3.91. The van der Waals surface area contributed by atoms with Gasteiger partial charge >= 0.3 is 0 Å². The standard InChI is InChI=1S/C32H28ClN3O3S/c33-28-19-11-10-18-27(28)30-34-31(40(37,38)26-16-8-3-9-17-26)32(39-30)36-22-20-35(21-23-36)29(24-12-4-1-5-13-24)25-14-6-2-7-15-25/h1-19,29H,20-23H2. The summed E-state index contributed by atoms with van der Waals surface area (Å²) >= 11 is 6.44. The molecule has 1 aromatic heterocycles. The van der Waals surface area contributed by atoms with Gasteiger partial charge < -0.3 is 9.32 Å². The summed E-state index contributed by atoms with van der Waals surface area (Å²) in [5, 5.41) is 0.349. The van der Waals surface area contributed by atoms with Crippen LogP contribution in [-0.2, 0) is 9.84 Å². The Bertz CT molecular complexity index is 1650. The molecule has 202 valence electrons. The zero-order chi connectivity index (χ0) is 27.5. The monoisotopic (exact) mass is 569 g/mol. The van der Waals surface area contributed by atoms with E-state index < -0.39 is 9.84 Å². The van der Waals surface area contributed by atoms with E-state index in [9.17, 15) is 8.42 Å². The normalized spacial score (nSPS) is 14.5. The first-order valence-electron chi connectivity index (χ1n) is 13.2. The Kier molecular flexibility index (Phi) is 7.43. The van der Waals surface area contributed by atoms with Crippen LogP contribution < -0.4 is 4.90 Å². The molecule has 40 heavy (non-hydrogen) atoms. The first-order valence-corrected chi connectivity index (χ1v) is 15.0. The van der Waals surface area contributed by atoms with Gasteiger partial charge in [0.05, 0.1) is 21.5 Å². The highest BCUT2D eigenvalue weighted by Gasteiger charge is 2.34. The molecule has 1 saturated heterocycles. The van der Waals surface area contributed by atoms with E-state index in [1.807, 2.05) is 29.2 Å². The van der Waals surface area contributed by atoms with Gasteiger partial charge in [0.2, 0.25) is 26.6 Å². The topological polar surface area (TPSA) is 66.7 Å². The van der Waals surface area contributed by atoms with E-state index >= 15 is 0 Å². The van der Waals surface area contributed by atoms with Crippen molar-refractivity contribution < 1.29 is 12.8 Å². The van der Waals surface area contributed by atoms with Crippen molar-refractivity contribution in [2.45, 2.75) is 16.0 Å². The summed E-state index contributed by atoms with van der Waals surface area (Å²) in [7, 11) is -3.94. The fourth-order valence-electron chi connectivity index (χ4n) is 5.20. The molecule has 0 amide bonds. The molecule has 6 rings (SSSR count). The zero-order valence-electron chi connectivity index (χ0n) is 21.7. The van der Waals surface area contributed by atoms with Crippen molar-refractivity contribution in [3.05, 3.63) is 131 Å². The zero-order valence-corrected chi connectivity index (χ0v) is 23.3. The molecule has 0 atom stereocenters. The lowest BCUT2D eigenvalue weighted by Gasteiger charge is -2.39. The predicted molar refractivity (Wildman–Crippen MR) is 157 cm³/mol. The molecule has 5 aromatic rings. The van der Waals surface area contributed by atoms with E-state index in [1.54, 1.807) is 42.5 Å². The number of benzene rings is 4. The number of rotatable bonds is 7. The van der Waals surface area contributed by atoms with Gasteiger partial charge in [-0.25, -0.2) is 8.42 Å². The molecule has 0 aliphatic carbocycles. The number of piperazine rings is 1. The average Bonchev–Trinajstić information content (AvgIpc) is 3.46. The Labute approximate surface area is 239 Å². The summed E-state index contributed by atoms with van der Waals surface area (Å²) in [6, 6.07) is 36.5. The van der Waals surface area contributed by atoms with Gasteiger partial charge in [-0.3, -0.25) is 4.90 Å². The van der Waals surface area contributed by atoms with Gasteiger partial charge in [-0.1, -0.05) is 103 Å². The number of aromatic nitrogens is 1. The summed E-state index contributed by atoms with van der Waals surface area (Å²) < 4.78 is 33.8. The Morgan fingerprint density at radius 3 is 1.80 bits per heavy atom. The van der Waals surface area contributed by atoms with Crippen LogP contribution in [-0.4, -0.2) is 44.5 Å². The lowest BCUT2D eigenvalue weighted by Crippen LogP contribution is -2.48. The molecular formula is C32H28ClN3O3S. The third kappa shape index (κ3) is 5.16. The number of hydrogen-bond acceptors (Lipinski definition) is 6. The molecule has 6 nitrogen and oxygen atoms in total. The number of anilines is 1. The van der Waals surface area contributed by atoms with Crippen molar-refractivity contribution in [1.29, 1.82) is 0 Å². The molecule has 0 spiro atoms. The third-order valence-corrected chi connectivity index (χ3v) is 9.19. The Morgan fingerprint density at radius 1 is 0.700 bits per heavy atom. The number of halogens is 1. The van der Waals surface area contributed by atoms with Gasteiger partial charge in [0.1, 0.15) is 0 Å². The second kappa shape index (κ2) is 11.3. The van der Waals surface area contributed by atoms with Gasteiger partial charge in [-0.2, -0.15) is 4.98 Å². The number of sulfone groups is 1. The van der Waals surface area contributed by atoms with Crippen molar-refractivity contribution in [2.24, 2.45) is 0 Å². The van der Waals surface area contributed by atoms with Crippen LogP contribution >= 0.6 is 11.6 Å². The summed E-state index contributed by atoms with van der Waals surface area (Å²) in [6.07, 6.45) is 0. The largest absolute Gasteiger partial charge is 0.419 e. The Morgan fingerprint density at radius 2 is 1.23 bits per heavy atom. The van der Waals surface area contributed by atoms with E-state index in [1.165, 1.54) is 11.1 Å². The minimum Gasteiger partial charge on any atom is -0.419 e. The van der Waals surface area contributed by atoms with Crippen molar-refractivity contribution in [3.8, 4) is 11.5 Å². The molecule has 0 N–H and O–H groups in total. The van der Waals surface area contributed by atoms with Crippen molar-refractivity contribution in [1.82, 2.24) is 9.88 Å². The highest BCUT2D eigenvalue weighted by Crippen LogP contribution is 2.38. The minimum atomic E-state index is -3.94. The Balaban J connectivity index is 1.35. The summed E-state index contributed by atoms with van der Waals surface area (Å²) in [5.74, 6) is 0.429. The maximum absolute atomic E-state index is 13.8. The SMILES string of the molecule is O=S(=O)(c1ccccc1)c1nc(-c2ccccc2Cl)oc1N1CCN(C(c2ccccc2)c2ccccc2)CC1. The molecule has 1 fully saturated rings. The molecule has 8 heteroatoms. The molecular weight excluding hydrogens is 542 g/mol. The summed E-state index contributed by atoms with van der Waals surface area (Å²) in [6.45, 7) is 2.57. The minimum absolute atomic E-state index is 0.0884. The maximum Gasteiger partial charge on any atom is 0.236 e. The predicted octanol–water partition coefficient (Wildman–Crippen LogP) is 6.74. The number of hydrogen-bond donors (Lipinski definition) is 0. The molecule has 0 unspecified atom stereocenters. The smallest absolute Gasteiger partial charge is 0.236 e. The van der Waals surface area contributed by atoms with Crippen LogP contribution in [0.15, 0.2) is 130 Å². The van der Waals surface area contributed by atoms with Gasteiger partial charge in [0.15, 0.2) is 0 Å². The van der Waals surface area contributed by atoms with Gasteiger partial charge in [0.25, 0.3) is 0 Å². The van der Waals surface area contributed by atoms with Crippen LogP contribution in [0.3, 0.4) is 0 Å². The average molecular weight is 570 g/mol. The molecule has 0 saturated carbocycles. The first-order chi connectivity index (χ1) is 19.5. The molecule has 0 bridgehead atoms. The molecule has 2 heterocycles. The first kappa shape index (κ1) is 26.3. The van der Waals surface area contributed by atoms with Crippen molar-refractivity contribution in [3.63, 3.8) is 0 Å². The number of nitrogens with zero attached hydrogens (tertiary/aromatic N) is 3. The highest BCUT2D eigenvalue weighted by molar-refractivity contribution is 7.91. The lowest BCUT2D eigenvalue weighted by molar-refractivity contribution is 0.209. The summed E-state index contributed by atoms with van der Waals surface area (Å²) in [5.41, 5.74) is 2.98. The van der Waals surface area contributed by atoms with E-state index in [-0.39, 0.29) is 27.7 Å². The van der Waals surface area contributed by atoms with E-state index in [0.29, 0.717) is 36.8 Å². The second-order valence-electron chi connectivity index (χ2n) is 9.67. The van der Waals surface area contributed by atoms with Gasteiger partial charge in [-0.15, -0.1) is 0 Å². The lowest BCUT2D eigenvalue weighted by atomic mass is 9.96. The van der Waals surface area contributed by atoms with Crippen molar-refractivity contribution >= 4 is 27.3 Å². The fraction of sp³-hybridized carbons (Fsp3) is 0.156. The fourth-order valence-corrected chi connectivity index (χ4v) is 6.76. The molecule has 1 aliphatic rings.